The van der Waals surface area contributed by atoms with Crippen molar-refractivity contribution in [1.82, 2.24) is 15.3 Å². The largest absolute Gasteiger partial charge is 0.355 e. The molecular formula is C18H25N3O4S3. The summed E-state index contributed by atoms with van der Waals surface area (Å²) in [6.07, 6.45) is 4.60. The molecule has 1 aliphatic rings. The number of carbonyl (C=O) groups excluding carboxylic acids is 1. The van der Waals surface area contributed by atoms with Gasteiger partial charge in [0.1, 0.15) is 10.7 Å². The van der Waals surface area contributed by atoms with E-state index >= 15 is 0 Å². The van der Waals surface area contributed by atoms with Gasteiger partial charge < -0.3 is 10.3 Å². The number of fused-ring (bicyclic) bond motifs is 3. The number of amides is 1. The molecule has 28 heavy (non-hydrogen) atoms. The first-order valence-corrected chi connectivity index (χ1v) is 13.3. The molecule has 2 aromatic heterocycles. The highest BCUT2D eigenvalue weighted by atomic mass is 32.2. The van der Waals surface area contributed by atoms with Gasteiger partial charge in [0.25, 0.3) is 5.56 Å². The van der Waals surface area contributed by atoms with Crippen molar-refractivity contribution in [2.45, 2.75) is 44.8 Å². The molecule has 0 aromatic carbocycles. The van der Waals surface area contributed by atoms with Gasteiger partial charge in [0, 0.05) is 29.3 Å². The van der Waals surface area contributed by atoms with Crippen LogP contribution in [0.5, 0.6) is 0 Å². The van der Waals surface area contributed by atoms with Crippen molar-refractivity contribution in [3.63, 3.8) is 0 Å². The highest BCUT2D eigenvalue weighted by molar-refractivity contribution is 7.98. The van der Waals surface area contributed by atoms with Crippen molar-refractivity contribution in [3.8, 4) is 0 Å². The Bertz CT molecular complexity index is 1010. The minimum absolute atomic E-state index is 0.0294. The Morgan fingerprint density at radius 1 is 1.32 bits per heavy atom. The molecule has 0 unspecified atom stereocenters. The first-order chi connectivity index (χ1) is 13.4. The minimum atomic E-state index is -3.06. The Hall–Kier alpha value is -1.39. The monoisotopic (exact) mass is 443 g/mol. The summed E-state index contributed by atoms with van der Waals surface area (Å²) < 4.78 is 22.8. The number of aryl methyl sites for hydroxylation is 2. The number of H-pyrrole nitrogens is 1. The average Bonchev–Trinajstić information content (AvgIpc) is 3.04. The van der Waals surface area contributed by atoms with Gasteiger partial charge >= 0.3 is 0 Å². The molecule has 0 atom stereocenters. The fraction of sp³-hybridized carbons (Fsp3) is 0.611. The second-order valence-electron chi connectivity index (χ2n) is 6.79. The first kappa shape index (κ1) is 21.3. The molecule has 3 rings (SSSR count). The quantitative estimate of drug-likeness (QED) is 0.574. The number of thiophene rings is 1. The van der Waals surface area contributed by atoms with E-state index in [1.54, 1.807) is 18.3 Å². The van der Waals surface area contributed by atoms with Crippen LogP contribution < -0.4 is 10.9 Å². The summed E-state index contributed by atoms with van der Waals surface area (Å²) in [5, 5.41) is 3.39. The third kappa shape index (κ3) is 5.36. The minimum Gasteiger partial charge on any atom is -0.355 e. The number of aromatic amines is 1. The lowest BCUT2D eigenvalue weighted by atomic mass is 9.97. The van der Waals surface area contributed by atoms with Crippen LogP contribution in [0.4, 0.5) is 0 Å². The zero-order chi connectivity index (χ0) is 20.1. The summed E-state index contributed by atoms with van der Waals surface area (Å²) in [6.45, 7) is 1.74. The van der Waals surface area contributed by atoms with E-state index < -0.39 is 9.84 Å². The summed E-state index contributed by atoms with van der Waals surface area (Å²) in [5.74, 6) is 1.64. The number of aromatic nitrogens is 2. The normalized spacial score (nSPS) is 14.2. The second kappa shape index (κ2) is 9.41. The van der Waals surface area contributed by atoms with E-state index in [0.29, 0.717) is 23.8 Å². The van der Waals surface area contributed by atoms with Gasteiger partial charge in [-0.3, -0.25) is 9.59 Å². The number of hydrogen-bond acceptors (Lipinski definition) is 7. The molecular weight excluding hydrogens is 418 g/mol. The fourth-order valence-electron chi connectivity index (χ4n) is 3.19. The van der Waals surface area contributed by atoms with E-state index in [1.807, 2.05) is 0 Å². The van der Waals surface area contributed by atoms with Crippen LogP contribution in [0.15, 0.2) is 4.79 Å². The van der Waals surface area contributed by atoms with Crippen molar-refractivity contribution in [2.24, 2.45) is 0 Å². The highest BCUT2D eigenvalue weighted by Crippen LogP contribution is 2.33. The van der Waals surface area contributed by atoms with Crippen molar-refractivity contribution in [1.29, 1.82) is 0 Å². The first-order valence-electron chi connectivity index (χ1n) is 9.48. The predicted octanol–water partition coefficient (Wildman–Crippen LogP) is 2.04. The average molecular weight is 444 g/mol. The molecule has 0 fully saturated rings. The number of nitrogens with one attached hydrogen (secondary N) is 2. The Morgan fingerprint density at radius 3 is 2.89 bits per heavy atom. The Morgan fingerprint density at radius 2 is 2.11 bits per heavy atom. The summed E-state index contributed by atoms with van der Waals surface area (Å²) in [6, 6.07) is 0. The van der Waals surface area contributed by atoms with Gasteiger partial charge in [-0.15, -0.1) is 11.3 Å². The van der Waals surface area contributed by atoms with Crippen molar-refractivity contribution in [3.05, 3.63) is 26.6 Å². The lowest BCUT2D eigenvalue weighted by Gasteiger charge is -2.09. The number of nitrogens with zero attached hydrogens (tertiary/aromatic N) is 1. The molecule has 0 saturated carbocycles. The number of hydrogen-bond donors (Lipinski definition) is 2. The van der Waals surface area contributed by atoms with E-state index in [4.69, 9.17) is 0 Å². The summed E-state index contributed by atoms with van der Waals surface area (Å²) in [7, 11) is -3.06. The lowest BCUT2D eigenvalue weighted by molar-refractivity contribution is -0.120. The van der Waals surface area contributed by atoms with Crippen LogP contribution in [0.2, 0.25) is 0 Å². The van der Waals surface area contributed by atoms with Crippen LogP contribution in [0.1, 0.15) is 42.5 Å². The molecule has 0 aliphatic heterocycles. The van der Waals surface area contributed by atoms with Gasteiger partial charge in [0.15, 0.2) is 9.84 Å². The topological polar surface area (TPSA) is 109 Å². The third-order valence-electron chi connectivity index (χ3n) is 4.76. The van der Waals surface area contributed by atoms with E-state index in [9.17, 15) is 18.0 Å². The maximum absolute atomic E-state index is 12.5. The van der Waals surface area contributed by atoms with Gasteiger partial charge in [-0.05, 0) is 31.2 Å². The highest BCUT2D eigenvalue weighted by Gasteiger charge is 2.19. The summed E-state index contributed by atoms with van der Waals surface area (Å²) in [5.41, 5.74) is 1.12. The zero-order valence-corrected chi connectivity index (χ0v) is 18.3. The Labute approximate surface area is 172 Å². The van der Waals surface area contributed by atoms with Gasteiger partial charge in [0.2, 0.25) is 5.91 Å². The zero-order valence-electron chi connectivity index (χ0n) is 15.9. The molecule has 1 aliphatic carbocycles. The summed E-state index contributed by atoms with van der Waals surface area (Å²) in [4.78, 5) is 33.9. The van der Waals surface area contributed by atoms with Gasteiger partial charge in [-0.25, -0.2) is 13.4 Å². The smallest absolute Gasteiger partial charge is 0.259 e. The predicted molar refractivity (Wildman–Crippen MR) is 115 cm³/mol. The van der Waals surface area contributed by atoms with Crippen LogP contribution in [0.3, 0.4) is 0 Å². The standard InChI is InChI=1S/C18H25N3O4S3/c1-2-28(24,25)10-8-19-15(22)7-9-26-11-14-20-17(23)16-12-5-3-4-6-13(12)27-18(16)21-14/h2-11H2,1H3,(H,19,22)(H,20,21,23). The third-order valence-corrected chi connectivity index (χ3v) is 8.62. The van der Waals surface area contributed by atoms with E-state index in [-0.39, 0.29) is 29.5 Å². The molecule has 7 nitrogen and oxygen atoms in total. The summed E-state index contributed by atoms with van der Waals surface area (Å²) >= 11 is 3.15. The number of carbonyl (C=O) groups is 1. The molecule has 10 heteroatoms. The van der Waals surface area contributed by atoms with E-state index in [0.717, 1.165) is 29.5 Å². The van der Waals surface area contributed by atoms with Crippen LogP contribution in [0, 0.1) is 0 Å². The van der Waals surface area contributed by atoms with Gasteiger partial charge in [0.05, 0.1) is 16.9 Å². The van der Waals surface area contributed by atoms with Crippen LogP contribution in [0.25, 0.3) is 10.2 Å². The van der Waals surface area contributed by atoms with E-state index in [1.165, 1.54) is 28.6 Å². The van der Waals surface area contributed by atoms with Gasteiger partial charge in [-0.2, -0.15) is 11.8 Å². The maximum Gasteiger partial charge on any atom is 0.259 e. The number of rotatable bonds is 9. The SMILES string of the molecule is CCS(=O)(=O)CCNC(=O)CCSCc1nc2sc3c(c2c(=O)[nH]1)CCCC3. The van der Waals surface area contributed by atoms with Crippen molar-refractivity contribution < 1.29 is 13.2 Å². The molecule has 1 amide bonds. The van der Waals surface area contributed by atoms with E-state index in [2.05, 4.69) is 15.3 Å². The molecule has 2 N–H and O–H groups in total. The van der Waals surface area contributed by atoms with Crippen LogP contribution in [-0.2, 0) is 33.2 Å². The number of thioether (sulfide) groups is 1. The molecule has 2 heterocycles. The van der Waals surface area contributed by atoms with Crippen molar-refractivity contribution >= 4 is 49.1 Å². The Balaban J connectivity index is 1.48. The van der Waals surface area contributed by atoms with Gasteiger partial charge in [-0.1, -0.05) is 6.92 Å². The molecule has 0 saturated heterocycles. The number of sulfone groups is 1. The van der Waals surface area contributed by atoms with Crippen molar-refractivity contribution in [2.75, 3.05) is 23.8 Å². The molecule has 2 aromatic rings. The fourth-order valence-corrected chi connectivity index (χ4v) is 5.98. The Kier molecular flexibility index (Phi) is 7.16. The molecule has 0 bridgehead atoms. The maximum atomic E-state index is 12.5. The molecule has 154 valence electrons. The lowest BCUT2D eigenvalue weighted by Crippen LogP contribution is -2.29. The second-order valence-corrected chi connectivity index (χ2v) is 11.5. The molecule has 0 spiro atoms. The van der Waals surface area contributed by atoms with Crippen LogP contribution >= 0.6 is 23.1 Å². The van der Waals surface area contributed by atoms with Crippen LogP contribution in [-0.4, -0.2) is 48.1 Å². The molecule has 0 radical (unpaired) electrons.